The standard InChI is InChI=1S/C31H37ClN8O3Si/c1-44(2,3)13-12-43-19-39-18-24(30(41)37-27(21-4-5-21)31(42)38-10-8-20(15-33)9-11-38)28-29(39)34-17-26(36-28)40-25-7-6-23(32)14-22(25)16-35-40/h6-7,14,16-18,20-21,27H,4-5,8-13,19H2,1-3H3,(H,37,41)/t27-/m1/s1. The Labute approximate surface area is 262 Å². The summed E-state index contributed by atoms with van der Waals surface area (Å²) in [5, 5.41) is 18.3. The van der Waals surface area contributed by atoms with Crippen molar-refractivity contribution in [3.63, 3.8) is 0 Å². The van der Waals surface area contributed by atoms with Gasteiger partial charge in [0.15, 0.2) is 11.5 Å². The van der Waals surface area contributed by atoms with Crippen molar-refractivity contribution < 1.29 is 14.3 Å². The summed E-state index contributed by atoms with van der Waals surface area (Å²) in [6.45, 7) is 8.80. The molecule has 13 heteroatoms. The summed E-state index contributed by atoms with van der Waals surface area (Å²) in [6.07, 6.45) is 8.15. The molecule has 0 unspecified atom stereocenters. The third-order valence-corrected chi connectivity index (χ3v) is 10.3. The van der Waals surface area contributed by atoms with Crippen molar-refractivity contribution in [3.05, 3.63) is 47.4 Å². The topological polar surface area (TPSA) is 131 Å². The molecule has 2 aliphatic rings. The summed E-state index contributed by atoms with van der Waals surface area (Å²) in [6, 6.07) is 8.19. The Kier molecular flexibility index (Phi) is 8.46. The van der Waals surface area contributed by atoms with Crippen LogP contribution >= 0.6 is 11.6 Å². The average Bonchev–Trinajstić information content (AvgIpc) is 3.66. The third-order valence-electron chi connectivity index (χ3n) is 8.41. The fourth-order valence-corrected chi connectivity index (χ4v) is 6.53. The van der Waals surface area contributed by atoms with Gasteiger partial charge in [0.05, 0.1) is 29.5 Å². The van der Waals surface area contributed by atoms with Gasteiger partial charge in [0.2, 0.25) is 5.91 Å². The summed E-state index contributed by atoms with van der Waals surface area (Å²) in [4.78, 5) is 38.9. The molecule has 4 aromatic rings. The molecular formula is C31H37ClN8O3Si. The number of nitriles is 1. The van der Waals surface area contributed by atoms with Crippen LogP contribution in [0.2, 0.25) is 30.7 Å². The number of hydrogen-bond donors (Lipinski definition) is 1. The number of carbonyl (C=O) groups is 2. The molecule has 2 fully saturated rings. The third kappa shape index (κ3) is 6.50. The molecule has 230 valence electrons. The van der Waals surface area contributed by atoms with Gasteiger partial charge in [0, 0.05) is 50.3 Å². The van der Waals surface area contributed by atoms with E-state index in [-0.39, 0.29) is 30.4 Å². The van der Waals surface area contributed by atoms with E-state index in [0.717, 1.165) is 29.8 Å². The number of rotatable bonds is 10. The van der Waals surface area contributed by atoms with E-state index in [0.29, 0.717) is 60.1 Å². The molecule has 2 amide bonds. The van der Waals surface area contributed by atoms with Crippen LogP contribution in [0.15, 0.2) is 36.8 Å². The van der Waals surface area contributed by atoms with Crippen LogP contribution in [-0.4, -0.2) is 74.8 Å². The number of piperidine rings is 1. The van der Waals surface area contributed by atoms with Crippen LogP contribution in [0.25, 0.3) is 27.9 Å². The van der Waals surface area contributed by atoms with Crippen LogP contribution in [-0.2, 0) is 16.3 Å². The van der Waals surface area contributed by atoms with Gasteiger partial charge < -0.3 is 19.5 Å². The van der Waals surface area contributed by atoms with Gasteiger partial charge in [-0.25, -0.2) is 14.6 Å². The zero-order valence-corrected chi connectivity index (χ0v) is 27.0. The molecule has 0 spiro atoms. The molecule has 6 rings (SSSR count). The normalized spacial score (nSPS) is 16.8. The number of halogens is 1. The monoisotopic (exact) mass is 632 g/mol. The first kappa shape index (κ1) is 30.2. The lowest BCUT2D eigenvalue weighted by molar-refractivity contribution is -0.135. The van der Waals surface area contributed by atoms with Gasteiger partial charge in [-0.05, 0) is 55.8 Å². The van der Waals surface area contributed by atoms with E-state index >= 15 is 0 Å². The van der Waals surface area contributed by atoms with E-state index in [9.17, 15) is 14.9 Å². The lowest BCUT2D eigenvalue weighted by Crippen LogP contribution is -2.51. The van der Waals surface area contributed by atoms with Crippen molar-refractivity contribution >= 4 is 53.6 Å². The number of aromatic nitrogens is 5. The Bertz CT molecular complexity index is 1740. The fraction of sp³-hybridized carbons (Fsp3) is 0.484. The fourth-order valence-electron chi connectivity index (χ4n) is 5.59. The predicted octanol–water partition coefficient (Wildman–Crippen LogP) is 5.01. The first-order valence-electron chi connectivity index (χ1n) is 15.2. The van der Waals surface area contributed by atoms with Gasteiger partial charge in [0.1, 0.15) is 18.3 Å². The quantitative estimate of drug-likeness (QED) is 0.192. The highest BCUT2D eigenvalue weighted by atomic mass is 35.5. The SMILES string of the molecule is C[Si](C)(C)CCOCn1cc(C(=O)N[C@@H](C(=O)N2CCC(C#N)CC2)C2CC2)c2nc(-n3ncc4cc(Cl)ccc43)cnc21. The molecule has 0 bridgehead atoms. The van der Waals surface area contributed by atoms with Crippen LogP contribution in [0.5, 0.6) is 0 Å². The average molecular weight is 633 g/mol. The van der Waals surface area contributed by atoms with Crippen molar-refractivity contribution in [2.24, 2.45) is 11.8 Å². The smallest absolute Gasteiger partial charge is 0.255 e. The maximum absolute atomic E-state index is 13.9. The molecular weight excluding hydrogens is 596 g/mol. The number of amides is 2. The minimum absolute atomic E-state index is 0.0243. The molecule has 4 heterocycles. The Morgan fingerprint density at radius 2 is 1.95 bits per heavy atom. The highest BCUT2D eigenvalue weighted by Gasteiger charge is 2.40. The van der Waals surface area contributed by atoms with E-state index in [1.165, 1.54) is 0 Å². The molecule has 1 aromatic carbocycles. The first-order valence-corrected chi connectivity index (χ1v) is 19.3. The minimum Gasteiger partial charge on any atom is -0.361 e. The Hall–Kier alpha value is -3.79. The molecule has 44 heavy (non-hydrogen) atoms. The van der Waals surface area contributed by atoms with E-state index < -0.39 is 14.1 Å². The van der Waals surface area contributed by atoms with Gasteiger partial charge in [-0.1, -0.05) is 31.2 Å². The van der Waals surface area contributed by atoms with E-state index in [1.54, 1.807) is 38.8 Å². The molecule has 1 aliphatic heterocycles. The van der Waals surface area contributed by atoms with Gasteiger partial charge >= 0.3 is 0 Å². The van der Waals surface area contributed by atoms with Crippen molar-refractivity contribution in [2.45, 2.75) is 64.1 Å². The largest absolute Gasteiger partial charge is 0.361 e. The molecule has 1 saturated carbocycles. The van der Waals surface area contributed by atoms with E-state index in [4.69, 9.17) is 26.3 Å². The number of nitrogens with zero attached hydrogens (tertiary/aromatic N) is 7. The number of nitrogens with one attached hydrogen (secondary N) is 1. The maximum Gasteiger partial charge on any atom is 0.255 e. The summed E-state index contributed by atoms with van der Waals surface area (Å²) >= 11 is 6.18. The van der Waals surface area contributed by atoms with Crippen LogP contribution in [0.1, 0.15) is 36.0 Å². The minimum atomic E-state index is -1.28. The van der Waals surface area contributed by atoms with E-state index in [1.807, 2.05) is 12.1 Å². The van der Waals surface area contributed by atoms with Crippen molar-refractivity contribution in [1.29, 1.82) is 5.26 Å². The number of likely N-dealkylation sites (tertiary alicyclic amines) is 1. The summed E-state index contributed by atoms with van der Waals surface area (Å²) in [5.41, 5.74) is 2.05. The molecule has 3 aromatic heterocycles. The molecule has 1 saturated heterocycles. The number of carbonyl (C=O) groups excluding carboxylic acids is 2. The summed E-state index contributed by atoms with van der Waals surface area (Å²) in [7, 11) is -1.28. The Morgan fingerprint density at radius 1 is 1.18 bits per heavy atom. The molecule has 0 radical (unpaired) electrons. The van der Waals surface area contributed by atoms with E-state index in [2.05, 4.69) is 36.1 Å². The number of hydrogen-bond acceptors (Lipinski definition) is 7. The van der Waals surface area contributed by atoms with Crippen LogP contribution in [0.4, 0.5) is 0 Å². The zero-order valence-electron chi connectivity index (χ0n) is 25.3. The van der Waals surface area contributed by atoms with Crippen LogP contribution in [0, 0.1) is 23.2 Å². The Morgan fingerprint density at radius 3 is 2.66 bits per heavy atom. The Balaban J connectivity index is 1.30. The number of benzene rings is 1. The van der Waals surface area contributed by atoms with Crippen molar-refractivity contribution in [2.75, 3.05) is 19.7 Å². The van der Waals surface area contributed by atoms with Gasteiger partial charge in [-0.15, -0.1) is 0 Å². The van der Waals surface area contributed by atoms with Crippen molar-refractivity contribution in [3.8, 4) is 11.9 Å². The predicted molar refractivity (Wildman–Crippen MR) is 170 cm³/mol. The lowest BCUT2D eigenvalue weighted by Gasteiger charge is -2.32. The highest BCUT2D eigenvalue weighted by molar-refractivity contribution is 6.76. The summed E-state index contributed by atoms with van der Waals surface area (Å²) in [5.74, 6) is 0.0724. The lowest BCUT2D eigenvalue weighted by atomic mass is 9.97. The molecule has 1 N–H and O–H groups in total. The van der Waals surface area contributed by atoms with Gasteiger partial charge in [0.25, 0.3) is 5.91 Å². The molecule has 1 aliphatic carbocycles. The highest BCUT2D eigenvalue weighted by Crippen LogP contribution is 2.34. The zero-order chi connectivity index (χ0) is 31.0. The molecule has 11 nitrogen and oxygen atoms in total. The second-order valence-corrected chi connectivity index (χ2v) is 19.1. The first-order chi connectivity index (χ1) is 21.1. The molecule has 1 atom stereocenters. The van der Waals surface area contributed by atoms with Crippen LogP contribution < -0.4 is 5.32 Å². The van der Waals surface area contributed by atoms with Gasteiger partial charge in [-0.2, -0.15) is 10.4 Å². The maximum atomic E-state index is 13.9. The summed E-state index contributed by atoms with van der Waals surface area (Å²) < 4.78 is 9.49. The second-order valence-electron chi connectivity index (χ2n) is 13.0. The number of ether oxygens (including phenoxy) is 1. The van der Waals surface area contributed by atoms with Crippen LogP contribution in [0.3, 0.4) is 0 Å². The van der Waals surface area contributed by atoms with Gasteiger partial charge in [-0.3, -0.25) is 9.59 Å². The van der Waals surface area contributed by atoms with Crippen molar-refractivity contribution in [1.82, 2.24) is 34.5 Å². The number of fused-ring (bicyclic) bond motifs is 2. The second kappa shape index (κ2) is 12.3.